The Morgan fingerprint density at radius 2 is 1.50 bits per heavy atom. The number of hydrogen-bond acceptors (Lipinski definition) is 5. The molecule has 3 aromatic carbocycles. The van der Waals surface area contributed by atoms with E-state index in [-0.39, 0.29) is 22.4 Å². The number of benzene rings is 3. The lowest BCUT2D eigenvalue weighted by Crippen LogP contribution is -2.28. The number of halogens is 2. The maximum Gasteiger partial charge on any atom is 0.337 e. The Balaban J connectivity index is 2.02. The van der Waals surface area contributed by atoms with Crippen LogP contribution in [0.4, 0.5) is 5.69 Å². The minimum absolute atomic E-state index is 0.0795. The zero-order valence-corrected chi connectivity index (χ0v) is 20.9. The van der Waals surface area contributed by atoms with Crippen LogP contribution in [0, 0.1) is 4.78 Å². The summed E-state index contributed by atoms with van der Waals surface area (Å²) in [5.41, 5.74) is -0.191. The summed E-state index contributed by atoms with van der Waals surface area (Å²) in [5.74, 6) is -0.903. The molecule has 0 aromatic heterocycles. The fourth-order valence-electron chi connectivity index (χ4n) is 3.24. The summed E-state index contributed by atoms with van der Waals surface area (Å²) in [7, 11) is -2.42. The lowest BCUT2D eigenvalue weighted by molar-refractivity contribution is 0.0684. The molecule has 186 valence electrons. The number of anilines is 1. The van der Waals surface area contributed by atoms with Crippen molar-refractivity contribution in [2.24, 2.45) is 0 Å². The smallest absolute Gasteiger partial charge is 0.337 e. The molecule has 3 aromatic rings. The number of hydrogen-bond donors (Lipinski definition) is 5. The van der Waals surface area contributed by atoms with E-state index in [0.717, 1.165) is 12.1 Å². The molecule has 0 bridgehead atoms. The van der Waals surface area contributed by atoms with Crippen LogP contribution in [0.15, 0.2) is 54.6 Å². The van der Waals surface area contributed by atoms with E-state index in [4.69, 9.17) is 28.0 Å². The van der Waals surface area contributed by atoms with E-state index in [9.17, 15) is 29.4 Å². The second kappa shape index (κ2) is 10.4. The van der Waals surface area contributed by atoms with Crippen molar-refractivity contribution in [3.05, 3.63) is 86.9 Å². The lowest BCUT2D eigenvalue weighted by Gasteiger charge is -2.14. The van der Waals surface area contributed by atoms with Crippen molar-refractivity contribution in [2.45, 2.75) is 0 Å². The third-order valence-electron chi connectivity index (χ3n) is 4.82. The van der Waals surface area contributed by atoms with Crippen molar-refractivity contribution in [3.63, 3.8) is 0 Å². The van der Waals surface area contributed by atoms with Gasteiger partial charge in [-0.25, -0.2) is 9.59 Å². The largest absolute Gasteiger partial charge is 0.478 e. The molecule has 0 aliphatic rings. The molecule has 12 heteroatoms. The van der Waals surface area contributed by atoms with E-state index in [2.05, 4.69) is 15.9 Å². The molecule has 5 N–H and O–H groups in total. The van der Waals surface area contributed by atoms with Crippen molar-refractivity contribution in [1.82, 2.24) is 4.72 Å². The molecule has 0 saturated carbocycles. The number of carboxylic acid groups (broad SMARTS) is 2. The number of rotatable bonds is 7. The molecule has 0 aliphatic carbocycles. The third kappa shape index (κ3) is 6.22. The van der Waals surface area contributed by atoms with Gasteiger partial charge in [-0.3, -0.25) is 19.1 Å². The van der Waals surface area contributed by atoms with Crippen molar-refractivity contribution in [1.29, 1.82) is 4.78 Å². The molecule has 0 radical (unpaired) electrons. The van der Waals surface area contributed by atoms with Gasteiger partial charge in [-0.2, -0.15) is 0 Å². The van der Waals surface area contributed by atoms with Crippen LogP contribution >= 0.6 is 23.2 Å². The van der Waals surface area contributed by atoms with E-state index >= 15 is 0 Å². The first-order chi connectivity index (χ1) is 16.8. The van der Waals surface area contributed by atoms with Crippen molar-refractivity contribution >= 4 is 68.1 Å². The number of carbonyl (C=O) groups excluding carboxylic acids is 2. The Kier molecular flexibility index (Phi) is 7.73. The van der Waals surface area contributed by atoms with E-state index in [0.29, 0.717) is 21.2 Å². The van der Waals surface area contributed by atoms with E-state index in [1.807, 2.05) is 0 Å². The van der Waals surface area contributed by atoms with Crippen LogP contribution in [0.5, 0.6) is 0 Å². The highest BCUT2D eigenvalue weighted by molar-refractivity contribution is 7.99. The fraction of sp³-hybridized carbons (Fsp3) is 0.0417. The first-order valence-corrected chi connectivity index (χ1v) is 12.9. The molecule has 0 saturated heterocycles. The Morgan fingerprint density at radius 3 is 2.08 bits per heavy atom. The van der Waals surface area contributed by atoms with Crippen LogP contribution < -0.4 is 10.0 Å². The molecule has 36 heavy (non-hydrogen) atoms. The first kappa shape index (κ1) is 26.7. The van der Waals surface area contributed by atoms with Gasteiger partial charge < -0.3 is 15.5 Å². The summed E-state index contributed by atoms with van der Waals surface area (Å²) >= 11 is 12.2. The van der Waals surface area contributed by atoms with E-state index in [1.54, 1.807) is 12.1 Å². The number of amides is 2. The molecule has 1 atom stereocenters. The predicted molar refractivity (Wildman–Crippen MR) is 141 cm³/mol. The summed E-state index contributed by atoms with van der Waals surface area (Å²) in [6, 6.07) is 12.3. The molecule has 9 nitrogen and oxygen atoms in total. The van der Waals surface area contributed by atoms with Gasteiger partial charge in [-0.05, 0) is 53.9 Å². The van der Waals surface area contributed by atoms with Crippen molar-refractivity contribution < 1.29 is 29.4 Å². The van der Waals surface area contributed by atoms with Crippen molar-refractivity contribution in [2.75, 3.05) is 11.6 Å². The van der Waals surface area contributed by atoms with Crippen molar-refractivity contribution in [3.8, 4) is 11.1 Å². The first-order valence-electron chi connectivity index (χ1n) is 9.96. The highest BCUT2D eigenvalue weighted by Gasteiger charge is 2.22. The Morgan fingerprint density at radius 1 is 0.861 bits per heavy atom. The van der Waals surface area contributed by atoms with Gasteiger partial charge in [0.05, 0.1) is 22.4 Å². The van der Waals surface area contributed by atoms with Gasteiger partial charge in [-0.15, -0.1) is 0 Å². The quantitative estimate of drug-likeness (QED) is 0.264. The van der Waals surface area contributed by atoms with Crippen LogP contribution in [0.2, 0.25) is 10.0 Å². The Hall–Kier alpha value is -3.86. The molecule has 3 rings (SSSR count). The summed E-state index contributed by atoms with van der Waals surface area (Å²) in [4.78, 5) is 49.0. The van der Waals surface area contributed by atoms with Crippen LogP contribution in [0.25, 0.3) is 11.1 Å². The maximum atomic E-state index is 13.0. The van der Waals surface area contributed by atoms with Gasteiger partial charge in [0, 0.05) is 27.4 Å². The minimum Gasteiger partial charge on any atom is -0.478 e. The molecular weight excluding hydrogens is 529 g/mol. The maximum absolute atomic E-state index is 13.0. The molecule has 0 spiro atoms. The molecule has 0 fully saturated rings. The standard InChI is InChI=1S/C24H19Cl2N3O6S/c1-36(2,27)29-21(30)13-4-6-16(18(9-13)24(34)35)22(31)28-20-10-12(3-7-17(20)23(32)33)15-8-5-14(25)11-19(15)26/h3-11H,1H2,2H3,(H,28,31)(H,32,33)(H,34,35)(H2,27,29,30). The normalized spacial score (nSPS) is 12.3. The van der Waals surface area contributed by atoms with E-state index < -0.39 is 38.9 Å². The van der Waals surface area contributed by atoms with Gasteiger partial charge in [0.15, 0.2) is 0 Å². The zero-order chi connectivity index (χ0) is 26.8. The topological polar surface area (TPSA) is 157 Å². The van der Waals surface area contributed by atoms with Gasteiger partial charge in [0.1, 0.15) is 0 Å². The lowest BCUT2D eigenvalue weighted by atomic mass is 10.0. The molecule has 0 aliphatic heterocycles. The molecule has 1 unspecified atom stereocenters. The number of nitrogens with one attached hydrogen (secondary N) is 3. The predicted octanol–water partition coefficient (Wildman–Crippen LogP) is 4.93. The third-order valence-corrected chi connectivity index (χ3v) is 6.00. The fourth-order valence-corrected chi connectivity index (χ4v) is 4.28. The summed E-state index contributed by atoms with van der Waals surface area (Å²) in [6.45, 7) is 0. The average Bonchev–Trinajstić information content (AvgIpc) is 2.77. The Bertz CT molecular complexity index is 1540. The SMILES string of the molecule is C=S(C)(=N)NC(=O)c1ccc(C(=O)Nc2cc(-c3ccc(Cl)cc3Cl)ccc2C(=O)O)c(C(=O)O)c1. The summed E-state index contributed by atoms with van der Waals surface area (Å²) in [5, 5.41) is 22.4. The number of carboxylic acids is 2. The highest BCUT2D eigenvalue weighted by Crippen LogP contribution is 2.33. The Labute approximate surface area is 216 Å². The minimum atomic E-state index is -2.42. The molecular formula is C24H19Cl2N3O6S. The van der Waals surface area contributed by atoms with Crippen LogP contribution in [0.1, 0.15) is 41.4 Å². The monoisotopic (exact) mass is 547 g/mol. The van der Waals surface area contributed by atoms with Gasteiger partial charge in [0.2, 0.25) is 0 Å². The second-order valence-electron chi connectivity index (χ2n) is 7.73. The number of carbonyl (C=O) groups is 4. The van der Waals surface area contributed by atoms with Crippen LogP contribution in [-0.4, -0.2) is 46.1 Å². The summed E-state index contributed by atoms with van der Waals surface area (Å²) < 4.78 is 10.1. The second-order valence-corrected chi connectivity index (χ2v) is 11.0. The van der Waals surface area contributed by atoms with Crippen LogP contribution in [0.3, 0.4) is 0 Å². The van der Waals surface area contributed by atoms with Gasteiger partial charge >= 0.3 is 11.9 Å². The average molecular weight is 548 g/mol. The van der Waals surface area contributed by atoms with Gasteiger partial charge in [0.25, 0.3) is 11.8 Å². The molecule has 0 heterocycles. The molecule has 2 amide bonds. The number of aromatic carboxylic acids is 2. The van der Waals surface area contributed by atoms with Crippen LogP contribution in [-0.2, 0) is 9.60 Å². The van der Waals surface area contributed by atoms with Gasteiger partial charge in [-0.1, -0.05) is 44.9 Å². The van der Waals surface area contributed by atoms with E-state index in [1.165, 1.54) is 36.6 Å². The summed E-state index contributed by atoms with van der Waals surface area (Å²) in [6.07, 6.45) is 1.41. The zero-order valence-electron chi connectivity index (χ0n) is 18.6. The highest BCUT2D eigenvalue weighted by atomic mass is 35.5.